The van der Waals surface area contributed by atoms with Crippen molar-refractivity contribution < 1.29 is 4.39 Å². The molecule has 0 bridgehead atoms. The zero-order chi connectivity index (χ0) is 16.7. The Balaban J connectivity index is 1.83. The van der Waals surface area contributed by atoms with Gasteiger partial charge in [0.25, 0.3) is 5.56 Å². The van der Waals surface area contributed by atoms with Crippen molar-refractivity contribution >= 4 is 38.3 Å². The second-order valence-corrected chi connectivity index (χ2v) is 6.94. The van der Waals surface area contributed by atoms with Gasteiger partial charge in [-0.05, 0) is 42.0 Å². The van der Waals surface area contributed by atoms with Gasteiger partial charge in [-0.3, -0.25) is 4.79 Å². The second kappa shape index (κ2) is 5.92. The lowest BCUT2D eigenvalue weighted by Gasteiger charge is -1.94. The average Bonchev–Trinajstić information content (AvgIpc) is 3.11. The third-order valence-corrected chi connectivity index (χ3v) is 5.16. The van der Waals surface area contributed by atoms with Gasteiger partial charge in [-0.2, -0.15) is 9.50 Å². The molecule has 4 nitrogen and oxygen atoms in total. The van der Waals surface area contributed by atoms with E-state index in [9.17, 15) is 9.18 Å². The molecule has 4 rings (SSSR count). The van der Waals surface area contributed by atoms with Crippen molar-refractivity contribution in [1.29, 1.82) is 0 Å². The monoisotopic (exact) mass is 401 g/mol. The Bertz CT molecular complexity index is 1150. The van der Waals surface area contributed by atoms with Crippen LogP contribution in [0.5, 0.6) is 0 Å². The minimum absolute atomic E-state index is 0.216. The Labute approximate surface area is 148 Å². The van der Waals surface area contributed by atoms with Gasteiger partial charge in [0, 0.05) is 10.0 Å². The van der Waals surface area contributed by atoms with Gasteiger partial charge in [0.1, 0.15) is 5.82 Å². The minimum atomic E-state index is -0.324. The van der Waals surface area contributed by atoms with Gasteiger partial charge in [-0.15, -0.1) is 5.10 Å². The summed E-state index contributed by atoms with van der Waals surface area (Å²) in [6.45, 7) is 0. The highest BCUT2D eigenvalue weighted by Crippen LogP contribution is 2.18. The second-order valence-electron chi connectivity index (χ2n) is 5.07. The van der Waals surface area contributed by atoms with Crippen LogP contribution < -0.4 is 10.1 Å². The van der Waals surface area contributed by atoms with Gasteiger partial charge in [0.2, 0.25) is 4.96 Å². The number of benzene rings is 2. The summed E-state index contributed by atoms with van der Waals surface area (Å²) in [5.74, 6) is 0.0837. The van der Waals surface area contributed by atoms with Crippen molar-refractivity contribution in [3.05, 3.63) is 79.3 Å². The molecule has 0 aliphatic heterocycles. The zero-order valence-corrected chi connectivity index (χ0v) is 14.5. The summed E-state index contributed by atoms with van der Waals surface area (Å²) >= 11 is 4.74. The van der Waals surface area contributed by atoms with Gasteiger partial charge >= 0.3 is 0 Å². The zero-order valence-electron chi connectivity index (χ0n) is 12.1. The Hall–Kier alpha value is -2.38. The van der Waals surface area contributed by atoms with Crippen LogP contribution in [0.15, 0.2) is 57.8 Å². The van der Waals surface area contributed by atoms with Gasteiger partial charge in [-0.1, -0.05) is 45.5 Å². The van der Waals surface area contributed by atoms with E-state index in [1.54, 1.807) is 12.1 Å². The first kappa shape index (κ1) is 15.2. The predicted molar refractivity (Wildman–Crippen MR) is 95.5 cm³/mol. The fraction of sp³-hybridized carbons (Fsp3) is 0. The number of rotatable bonds is 2. The van der Waals surface area contributed by atoms with Gasteiger partial charge in [0.05, 0.1) is 4.53 Å². The molecule has 118 valence electrons. The third kappa shape index (κ3) is 2.65. The number of fused-ring (bicyclic) bond motifs is 1. The number of aromatic nitrogens is 3. The lowest BCUT2D eigenvalue weighted by atomic mass is 10.2. The maximum Gasteiger partial charge on any atom is 0.291 e. The van der Waals surface area contributed by atoms with E-state index in [1.165, 1.54) is 28.0 Å². The molecule has 0 fully saturated rings. The molecular formula is C17H9BrFN3OS. The molecule has 0 amide bonds. The highest BCUT2D eigenvalue weighted by molar-refractivity contribution is 9.10. The molecule has 4 aromatic rings. The van der Waals surface area contributed by atoms with Crippen LogP contribution in [-0.4, -0.2) is 14.6 Å². The minimum Gasteiger partial charge on any atom is -0.266 e. The van der Waals surface area contributed by atoms with Crippen LogP contribution in [0.3, 0.4) is 0 Å². The predicted octanol–water partition coefficient (Wildman–Crippen LogP) is 3.27. The number of hydrogen-bond acceptors (Lipinski definition) is 4. The maximum absolute atomic E-state index is 13.0. The highest BCUT2D eigenvalue weighted by atomic mass is 79.9. The number of nitrogens with zero attached hydrogens (tertiary/aromatic N) is 3. The van der Waals surface area contributed by atoms with Crippen LogP contribution in [0.1, 0.15) is 5.56 Å². The summed E-state index contributed by atoms with van der Waals surface area (Å²) in [7, 11) is 0. The molecule has 0 saturated carbocycles. The van der Waals surface area contributed by atoms with E-state index in [-0.39, 0.29) is 11.4 Å². The van der Waals surface area contributed by atoms with Crippen molar-refractivity contribution in [2.24, 2.45) is 0 Å². The van der Waals surface area contributed by atoms with Crippen molar-refractivity contribution in [2.45, 2.75) is 0 Å². The summed E-state index contributed by atoms with van der Waals surface area (Å²) in [5, 5.41) is 4.25. The van der Waals surface area contributed by atoms with Crippen molar-refractivity contribution in [3.8, 4) is 11.4 Å². The van der Waals surface area contributed by atoms with E-state index in [2.05, 4.69) is 26.0 Å². The molecule has 2 heterocycles. The van der Waals surface area contributed by atoms with Crippen LogP contribution in [0.2, 0.25) is 0 Å². The normalized spacial score (nSPS) is 12.2. The lowest BCUT2D eigenvalue weighted by Crippen LogP contribution is -2.23. The molecule has 2 aromatic carbocycles. The Morgan fingerprint density at radius 1 is 1.12 bits per heavy atom. The molecule has 0 saturated heterocycles. The topological polar surface area (TPSA) is 47.3 Å². The Morgan fingerprint density at radius 3 is 2.58 bits per heavy atom. The molecule has 7 heteroatoms. The molecule has 0 radical (unpaired) electrons. The van der Waals surface area contributed by atoms with Gasteiger partial charge in [0.15, 0.2) is 5.82 Å². The van der Waals surface area contributed by atoms with Crippen LogP contribution in [0.25, 0.3) is 22.4 Å². The van der Waals surface area contributed by atoms with Crippen LogP contribution in [0.4, 0.5) is 4.39 Å². The van der Waals surface area contributed by atoms with E-state index < -0.39 is 0 Å². The van der Waals surface area contributed by atoms with Gasteiger partial charge < -0.3 is 0 Å². The fourth-order valence-corrected chi connectivity index (χ4v) is 3.59. The quantitative estimate of drug-likeness (QED) is 0.517. The summed E-state index contributed by atoms with van der Waals surface area (Å²) in [6, 6.07) is 13.5. The summed E-state index contributed by atoms with van der Waals surface area (Å²) in [6.07, 6.45) is 1.81. The van der Waals surface area contributed by atoms with Crippen LogP contribution >= 0.6 is 27.3 Å². The summed E-state index contributed by atoms with van der Waals surface area (Å²) < 4.78 is 15.8. The fourth-order valence-electron chi connectivity index (χ4n) is 2.29. The Kier molecular flexibility index (Phi) is 3.74. The first-order valence-corrected chi connectivity index (χ1v) is 8.64. The molecular weight excluding hydrogens is 393 g/mol. The molecule has 2 aromatic heterocycles. The summed E-state index contributed by atoms with van der Waals surface area (Å²) in [5.41, 5.74) is 1.37. The first-order chi connectivity index (χ1) is 11.6. The SMILES string of the molecule is O=c1c(=Cc2ccccc2Br)sc2nc(-c3ccc(F)cc3)nn12. The molecule has 0 unspecified atom stereocenters. The standard InChI is InChI=1S/C17H9BrFN3OS/c18-13-4-2-1-3-11(13)9-14-16(23)22-17(24-14)20-15(21-22)10-5-7-12(19)8-6-10/h1-9H. The van der Waals surface area contributed by atoms with E-state index in [1.807, 2.05) is 30.3 Å². The number of halogens is 2. The molecule has 0 aliphatic carbocycles. The van der Waals surface area contributed by atoms with Gasteiger partial charge in [-0.25, -0.2) is 4.39 Å². The van der Waals surface area contributed by atoms with E-state index in [0.29, 0.717) is 20.9 Å². The van der Waals surface area contributed by atoms with E-state index in [0.717, 1.165) is 10.0 Å². The lowest BCUT2D eigenvalue weighted by molar-refractivity contribution is 0.628. The van der Waals surface area contributed by atoms with Crippen molar-refractivity contribution in [3.63, 3.8) is 0 Å². The summed E-state index contributed by atoms with van der Waals surface area (Å²) in [4.78, 5) is 17.4. The molecule has 0 atom stereocenters. The van der Waals surface area contributed by atoms with Crippen LogP contribution in [-0.2, 0) is 0 Å². The highest BCUT2D eigenvalue weighted by Gasteiger charge is 2.12. The number of thiazole rings is 1. The van der Waals surface area contributed by atoms with Crippen molar-refractivity contribution in [1.82, 2.24) is 14.6 Å². The first-order valence-electron chi connectivity index (χ1n) is 7.03. The molecule has 0 N–H and O–H groups in total. The smallest absolute Gasteiger partial charge is 0.266 e. The van der Waals surface area contributed by atoms with Crippen LogP contribution in [0, 0.1) is 5.82 Å². The van der Waals surface area contributed by atoms with E-state index in [4.69, 9.17) is 0 Å². The molecule has 24 heavy (non-hydrogen) atoms. The van der Waals surface area contributed by atoms with E-state index >= 15 is 0 Å². The maximum atomic E-state index is 13.0. The van der Waals surface area contributed by atoms with Crippen molar-refractivity contribution in [2.75, 3.05) is 0 Å². The molecule has 0 aliphatic rings. The largest absolute Gasteiger partial charge is 0.291 e. The third-order valence-electron chi connectivity index (χ3n) is 3.48. The molecule has 0 spiro atoms. The number of hydrogen-bond donors (Lipinski definition) is 0. The average molecular weight is 402 g/mol. The Morgan fingerprint density at radius 2 is 1.88 bits per heavy atom.